The Morgan fingerprint density at radius 3 is 2.70 bits per heavy atom. The molecule has 108 valence electrons. The van der Waals surface area contributed by atoms with Crippen LogP contribution in [0, 0.1) is 5.82 Å². The van der Waals surface area contributed by atoms with E-state index in [1.54, 1.807) is 4.90 Å². The van der Waals surface area contributed by atoms with Crippen molar-refractivity contribution < 1.29 is 23.8 Å². The van der Waals surface area contributed by atoms with E-state index >= 15 is 0 Å². The third-order valence-electron chi connectivity index (χ3n) is 3.28. The molecule has 0 spiro atoms. The molecule has 1 saturated heterocycles. The van der Waals surface area contributed by atoms with Crippen molar-refractivity contribution in [2.24, 2.45) is 0 Å². The summed E-state index contributed by atoms with van der Waals surface area (Å²) >= 11 is 0. The second-order valence-electron chi connectivity index (χ2n) is 4.72. The van der Waals surface area contributed by atoms with Gasteiger partial charge in [0.2, 0.25) is 0 Å². The van der Waals surface area contributed by atoms with Gasteiger partial charge in [0.25, 0.3) is 5.91 Å². The number of hydrogen-bond acceptors (Lipinski definition) is 3. The summed E-state index contributed by atoms with van der Waals surface area (Å²) in [5.41, 5.74) is 0. The van der Waals surface area contributed by atoms with Gasteiger partial charge in [-0.3, -0.25) is 9.59 Å². The van der Waals surface area contributed by atoms with Crippen molar-refractivity contribution in [2.45, 2.75) is 25.3 Å². The average molecular weight is 281 g/mol. The highest BCUT2D eigenvalue weighted by Gasteiger charge is 2.30. The summed E-state index contributed by atoms with van der Waals surface area (Å²) in [5, 5.41) is 8.80. The molecular weight excluding hydrogens is 265 g/mol. The molecule has 1 unspecified atom stereocenters. The van der Waals surface area contributed by atoms with E-state index in [1.807, 2.05) is 0 Å². The van der Waals surface area contributed by atoms with E-state index in [4.69, 9.17) is 9.84 Å². The first-order valence-corrected chi connectivity index (χ1v) is 6.46. The zero-order valence-corrected chi connectivity index (χ0v) is 10.9. The van der Waals surface area contributed by atoms with Crippen LogP contribution in [0.1, 0.15) is 19.3 Å². The minimum Gasteiger partial charge on any atom is -0.484 e. The fourth-order valence-electron chi connectivity index (χ4n) is 2.34. The molecule has 1 aromatic rings. The molecule has 1 fully saturated rings. The highest BCUT2D eigenvalue weighted by molar-refractivity contribution is 5.79. The number of nitrogens with zero attached hydrogens (tertiary/aromatic N) is 1. The SMILES string of the molecule is O=C(O)CC1CCCN1C(=O)COc1ccc(F)cc1. The van der Waals surface area contributed by atoms with E-state index in [2.05, 4.69) is 0 Å². The molecule has 1 aromatic carbocycles. The first kappa shape index (κ1) is 14.3. The number of carboxylic acid groups (broad SMARTS) is 1. The summed E-state index contributed by atoms with van der Waals surface area (Å²) in [6, 6.07) is 5.14. The molecule has 1 N–H and O–H groups in total. The lowest BCUT2D eigenvalue weighted by atomic mass is 10.1. The van der Waals surface area contributed by atoms with Gasteiger partial charge in [0.05, 0.1) is 6.42 Å². The molecule has 1 heterocycles. The number of amides is 1. The highest BCUT2D eigenvalue weighted by atomic mass is 19.1. The van der Waals surface area contributed by atoms with E-state index in [0.717, 1.165) is 6.42 Å². The first-order chi connectivity index (χ1) is 9.56. The molecule has 2 rings (SSSR count). The Bertz CT molecular complexity index is 488. The monoisotopic (exact) mass is 281 g/mol. The summed E-state index contributed by atoms with van der Waals surface area (Å²) in [4.78, 5) is 24.3. The number of carbonyl (C=O) groups is 2. The van der Waals surface area contributed by atoms with E-state index < -0.39 is 5.97 Å². The third-order valence-corrected chi connectivity index (χ3v) is 3.28. The Morgan fingerprint density at radius 1 is 1.35 bits per heavy atom. The molecule has 1 aliphatic rings. The second-order valence-corrected chi connectivity index (χ2v) is 4.72. The maximum absolute atomic E-state index is 12.7. The molecule has 0 aromatic heterocycles. The lowest BCUT2D eigenvalue weighted by Crippen LogP contribution is -2.39. The summed E-state index contributed by atoms with van der Waals surface area (Å²) < 4.78 is 18.0. The molecule has 1 aliphatic heterocycles. The summed E-state index contributed by atoms with van der Waals surface area (Å²) in [5.74, 6) is -1.11. The van der Waals surface area contributed by atoms with E-state index in [9.17, 15) is 14.0 Å². The third kappa shape index (κ3) is 3.69. The lowest BCUT2D eigenvalue weighted by Gasteiger charge is -2.23. The molecule has 0 aliphatic carbocycles. The van der Waals surface area contributed by atoms with Gasteiger partial charge in [0.1, 0.15) is 11.6 Å². The molecule has 0 radical (unpaired) electrons. The van der Waals surface area contributed by atoms with Gasteiger partial charge >= 0.3 is 5.97 Å². The van der Waals surface area contributed by atoms with Crippen molar-refractivity contribution in [3.63, 3.8) is 0 Å². The normalized spacial score (nSPS) is 18.1. The minimum atomic E-state index is -0.908. The van der Waals surface area contributed by atoms with Crippen molar-refractivity contribution in [1.82, 2.24) is 4.90 Å². The van der Waals surface area contributed by atoms with Crippen LogP contribution in [0.2, 0.25) is 0 Å². The summed E-state index contributed by atoms with van der Waals surface area (Å²) in [6.45, 7) is 0.394. The lowest BCUT2D eigenvalue weighted by molar-refractivity contribution is -0.140. The van der Waals surface area contributed by atoms with Crippen molar-refractivity contribution in [3.05, 3.63) is 30.1 Å². The van der Waals surface area contributed by atoms with Gasteiger partial charge < -0.3 is 14.7 Å². The van der Waals surface area contributed by atoms with Crippen LogP contribution < -0.4 is 4.74 Å². The van der Waals surface area contributed by atoms with Gasteiger partial charge in [-0.25, -0.2) is 4.39 Å². The molecule has 0 saturated carbocycles. The fraction of sp³-hybridized carbons (Fsp3) is 0.429. The number of ether oxygens (including phenoxy) is 1. The summed E-state index contributed by atoms with van der Waals surface area (Å²) in [6.07, 6.45) is 1.47. The van der Waals surface area contributed by atoms with Crippen LogP contribution in [0.3, 0.4) is 0 Å². The number of halogens is 1. The Morgan fingerprint density at radius 2 is 2.05 bits per heavy atom. The summed E-state index contributed by atoms with van der Waals surface area (Å²) in [7, 11) is 0. The van der Waals surface area contributed by atoms with E-state index in [0.29, 0.717) is 18.7 Å². The number of likely N-dealkylation sites (tertiary alicyclic amines) is 1. The predicted octanol–water partition coefficient (Wildman–Crippen LogP) is 1.67. The smallest absolute Gasteiger partial charge is 0.305 e. The van der Waals surface area contributed by atoms with Crippen molar-refractivity contribution in [1.29, 1.82) is 0 Å². The maximum atomic E-state index is 12.7. The molecule has 1 amide bonds. The zero-order valence-electron chi connectivity index (χ0n) is 10.9. The van der Waals surface area contributed by atoms with Crippen LogP contribution in [0.15, 0.2) is 24.3 Å². The molecule has 1 atom stereocenters. The van der Waals surface area contributed by atoms with Crippen LogP contribution in [-0.2, 0) is 9.59 Å². The van der Waals surface area contributed by atoms with Gasteiger partial charge in [0.15, 0.2) is 6.61 Å². The average Bonchev–Trinajstić information content (AvgIpc) is 2.85. The van der Waals surface area contributed by atoms with Crippen LogP contribution in [-0.4, -0.2) is 41.1 Å². The van der Waals surface area contributed by atoms with Gasteiger partial charge in [-0.05, 0) is 37.1 Å². The van der Waals surface area contributed by atoms with Crippen LogP contribution >= 0.6 is 0 Å². The zero-order chi connectivity index (χ0) is 14.5. The van der Waals surface area contributed by atoms with Gasteiger partial charge in [-0.2, -0.15) is 0 Å². The Labute approximate surface area is 116 Å². The Kier molecular flexibility index (Phi) is 4.55. The van der Waals surface area contributed by atoms with Crippen molar-refractivity contribution >= 4 is 11.9 Å². The van der Waals surface area contributed by atoms with Gasteiger partial charge in [-0.1, -0.05) is 0 Å². The topological polar surface area (TPSA) is 66.8 Å². The number of carboxylic acids is 1. The molecule has 5 nitrogen and oxygen atoms in total. The van der Waals surface area contributed by atoms with E-state index in [-0.39, 0.29) is 30.8 Å². The standard InChI is InChI=1S/C14H16FNO4/c15-10-3-5-12(6-4-10)20-9-13(17)16-7-1-2-11(16)8-14(18)19/h3-6,11H,1-2,7-9H2,(H,18,19). The van der Waals surface area contributed by atoms with E-state index in [1.165, 1.54) is 24.3 Å². The molecule has 0 bridgehead atoms. The second kappa shape index (κ2) is 6.36. The van der Waals surface area contributed by atoms with Crippen LogP contribution in [0.4, 0.5) is 4.39 Å². The number of aliphatic carboxylic acids is 1. The molecule has 6 heteroatoms. The Hall–Kier alpha value is -2.11. The quantitative estimate of drug-likeness (QED) is 0.891. The largest absolute Gasteiger partial charge is 0.484 e. The van der Waals surface area contributed by atoms with Crippen LogP contribution in [0.25, 0.3) is 0 Å². The van der Waals surface area contributed by atoms with Crippen LogP contribution in [0.5, 0.6) is 5.75 Å². The Balaban J connectivity index is 1.87. The molecular formula is C14H16FNO4. The number of carbonyl (C=O) groups excluding carboxylic acids is 1. The number of hydrogen-bond donors (Lipinski definition) is 1. The predicted molar refractivity (Wildman–Crippen MR) is 68.9 cm³/mol. The van der Waals surface area contributed by atoms with Gasteiger partial charge in [-0.15, -0.1) is 0 Å². The molecule has 20 heavy (non-hydrogen) atoms. The van der Waals surface area contributed by atoms with Crippen molar-refractivity contribution in [3.8, 4) is 5.75 Å². The number of rotatable bonds is 5. The number of benzene rings is 1. The van der Waals surface area contributed by atoms with Gasteiger partial charge in [0, 0.05) is 12.6 Å². The highest BCUT2D eigenvalue weighted by Crippen LogP contribution is 2.20. The maximum Gasteiger partial charge on any atom is 0.305 e. The minimum absolute atomic E-state index is 0.0394. The van der Waals surface area contributed by atoms with Crippen molar-refractivity contribution in [2.75, 3.05) is 13.2 Å². The fourth-order valence-corrected chi connectivity index (χ4v) is 2.34. The first-order valence-electron chi connectivity index (χ1n) is 6.46.